The predicted octanol–water partition coefficient (Wildman–Crippen LogP) is 2.54. The second-order valence-corrected chi connectivity index (χ2v) is 3.23. The fraction of sp³-hybridized carbons (Fsp3) is 0. The first-order valence-corrected chi connectivity index (χ1v) is 4.43. The number of fused-ring (bicyclic) bond motifs is 1. The Morgan fingerprint density at radius 2 is 1.88 bits per heavy atom. The zero-order valence-corrected chi connectivity index (χ0v) is 8.03. The molecule has 4 heteroatoms. The van der Waals surface area contributed by atoms with Crippen molar-refractivity contribution in [1.29, 1.82) is 10.5 Å². The highest BCUT2D eigenvalue weighted by atomic mass is 19.1. The lowest BCUT2D eigenvalue weighted by Crippen LogP contribution is -1.88. The van der Waals surface area contributed by atoms with Crippen LogP contribution < -0.4 is 0 Å². The summed E-state index contributed by atoms with van der Waals surface area (Å²) in [7, 11) is 0. The van der Waals surface area contributed by atoms with Gasteiger partial charge in [-0.25, -0.2) is 4.39 Å². The first kappa shape index (κ1) is 9.95. The Morgan fingerprint density at radius 3 is 2.50 bits per heavy atom. The summed E-state index contributed by atoms with van der Waals surface area (Å²) in [5.74, 6) is -0.539. The van der Waals surface area contributed by atoms with Crippen molar-refractivity contribution in [2.75, 3.05) is 0 Å². The van der Waals surface area contributed by atoms with E-state index in [0.29, 0.717) is 11.1 Å². The van der Waals surface area contributed by atoms with Crippen LogP contribution in [0.4, 0.5) is 4.39 Å². The highest BCUT2D eigenvalue weighted by Gasteiger charge is 2.21. The molecule has 1 N–H and O–H groups in total. The maximum absolute atomic E-state index is 13.0. The summed E-state index contributed by atoms with van der Waals surface area (Å²) >= 11 is 0. The fourth-order valence-corrected chi connectivity index (χ4v) is 1.61. The van der Waals surface area contributed by atoms with Crippen LogP contribution in [0.5, 0.6) is 0 Å². The lowest BCUT2D eigenvalue weighted by molar-refractivity contribution is 0.513. The van der Waals surface area contributed by atoms with Crippen LogP contribution in [0.15, 0.2) is 29.8 Å². The number of aliphatic hydroxyl groups excluding tert-OH is 1. The summed E-state index contributed by atoms with van der Waals surface area (Å²) in [5, 5.41) is 27.0. The van der Waals surface area contributed by atoms with Gasteiger partial charge in [-0.2, -0.15) is 10.5 Å². The topological polar surface area (TPSA) is 67.8 Å². The lowest BCUT2D eigenvalue weighted by Gasteiger charge is -2.01. The van der Waals surface area contributed by atoms with Crippen LogP contribution >= 0.6 is 0 Å². The van der Waals surface area contributed by atoms with E-state index in [-0.39, 0.29) is 16.9 Å². The second-order valence-electron chi connectivity index (χ2n) is 3.23. The van der Waals surface area contributed by atoms with Gasteiger partial charge in [0.25, 0.3) is 0 Å². The zero-order chi connectivity index (χ0) is 11.7. The molecular weight excluding hydrogens is 207 g/mol. The van der Waals surface area contributed by atoms with Gasteiger partial charge in [0.2, 0.25) is 0 Å². The largest absolute Gasteiger partial charge is 0.507 e. The molecule has 0 saturated heterocycles. The maximum atomic E-state index is 13.0. The molecule has 2 rings (SSSR count). The van der Waals surface area contributed by atoms with E-state index in [0.717, 1.165) is 0 Å². The average molecular weight is 212 g/mol. The molecule has 0 unspecified atom stereocenters. The Bertz CT molecular complexity index is 599. The molecule has 0 heterocycles. The first-order valence-electron chi connectivity index (χ1n) is 4.43. The van der Waals surface area contributed by atoms with E-state index in [9.17, 15) is 9.50 Å². The standard InChI is InChI=1S/C12H5FN2O/c13-8-1-2-9-11(3-8)10(4-12(9)16)7(5-14)6-15/h1-4,16H. The summed E-state index contributed by atoms with van der Waals surface area (Å²) in [6, 6.07) is 7.25. The third-order valence-corrected chi connectivity index (χ3v) is 2.32. The Morgan fingerprint density at radius 1 is 1.19 bits per heavy atom. The molecule has 0 amide bonds. The minimum atomic E-state index is -0.477. The van der Waals surface area contributed by atoms with E-state index in [1.165, 1.54) is 24.3 Å². The number of nitrogens with zero attached hydrogens (tertiary/aromatic N) is 2. The molecule has 0 spiro atoms. The summed E-state index contributed by atoms with van der Waals surface area (Å²) in [6.45, 7) is 0. The minimum Gasteiger partial charge on any atom is -0.507 e. The summed E-state index contributed by atoms with van der Waals surface area (Å²) in [4.78, 5) is 0. The van der Waals surface area contributed by atoms with Gasteiger partial charge in [0, 0.05) is 11.1 Å². The number of allylic oxidation sites excluding steroid dienone is 3. The Hall–Kier alpha value is -2.59. The molecule has 1 aromatic rings. The second kappa shape index (κ2) is 3.52. The van der Waals surface area contributed by atoms with Gasteiger partial charge in [0.1, 0.15) is 29.3 Å². The number of hydrogen-bond acceptors (Lipinski definition) is 3. The minimum absolute atomic E-state index is 0.0620. The number of benzene rings is 1. The van der Waals surface area contributed by atoms with E-state index in [1.54, 1.807) is 12.1 Å². The summed E-state index contributed by atoms with van der Waals surface area (Å²) in [6.07, 6.45) is 1.30. The molecule has 0 atom stereocenters. The molecule has 76 valence electrons. The van der Waals surface area contributed by atoms with Gasteiger partial charge in [0.05, 0.1) is 0 Å². The van der Waals surface area contributed by atoms with E-state index in [4.69, 9.17) is 10.5 Å². The molecule has 1 aliphatic rings. The molecule has 0 aliphatic heterocycles. The molecule has 0 bridgehead atoms. The van der Waals surface area contributed by atoms with Crippen molar-refractivity contribution in [1.82, 2.24) is 0 Å². The number of nitriles is 2. The van der Waals surface area contributed by atoms with Gasteiger partial charge < -0.3 is 5.11 Å². The lowest BCUT2D eigenvalue weighted by atomic mass is 10.0. The maximum Gasteiger partial charge on any atom is 0.137 e. The van der Waals surface area contributed by atoms with E-state index < -0.39 is 5.82 Å². The third kappa shape index (κ3) is 1.34. The van der Waals surface area contributed by atoms with Gasteiger partial charge in [-0.05, 0) is 29.8 Å². The van der Waals surface area contributed by atoms with Crippen LogP contribution in [0.3, 0.4) is 0 Å². The zero-order valence-electron chi connectivity index (χ0n) is 8.03. The molecule has 3 nitrogen and oxygen atoms in total. The van der Waals surface area contributed by atoms with Crippen LogP contribution in [0.2, 0.25) is 0 Å². The van der Waals surface area contributed by atoms with Crippen molar-refractivity contribution in [2.45, 2.75) is 0 Å². The normalized spacial score (nSPS) is 12.4. The van der Waals surface area contributed by atoms with E-state index in [2.05, 4.69) is 0 Å². The van der Waals surface area contributed by atoms with Crippen molar-refractivity contribution >= 4 is 11.3 Å². The van der Waals surface area contributed by atoms with Crippen LogP contribution in [-0.4, -0.2) is 5.11 Å². The number of aliphatic hydroxyl groups is 1. The predicted molar refractivity (Wildman–Crippen MR) is 55.2 cm³/mol. The van der Waals surface area contributed by atoms with Gasteiger partial charge >= 0.3 is 0 Å². The van der Waals surface area contributed by atoms with Gasteiger partial charge in [-0.15, -0.1) is 0 Å². The van der Waals surface area contributed by atoms with Crippen molar-refractivity contribution in [2.24, 2.45) is 0 Å². The number of rotatable bonds is 0. The van der Waals surface area contributed by atoms with E-state index in [1.807, 2.05) is 0 Å². The molecule has 0 saturated carbocycles. The van der Waals surface area contributed by atoms with Crippen LogP contribution in [0.25, 0.3) is 11.3 Å². The van der Waals surface area contributed by atoms with Crippen molar-refractivity contribution < 1.29 is 9.50 Å². The van der Waals surface area contributed by atoms with E-state index >= 15 is 0 Å². The molecular formula is C12H5FN2O. The van der Waals surface area contributed by atoms with Gasteiger partial charge in [-0.3, -0.25) is 0 Å². The molecule has 0 fully saturated rings. The van der Waals surface area contributed by atoms with Gasteiger partial charge in [0.15, 0.2) is 0 Å². The molecule has 0 aromatic heterocycles. The Kier molecular flexibility index (Phi) is 2.19. The van der Waals surface area contributed by atoms with Crippen LogP contribution in [0.1, 0.15) is 11.1 Å². The average Bonchev–Trinajstić information content (AvgIpc) is 2.58. The molecule has 1 aromatic carbocycles. The van der Waals surface area contributed by atoms with Crippen molar-refractivity contribution in [3.63, 3.8) is 0 Å². The van der Waals surface area contributed by atoms with Crippen molar-refractivity contribution in [3.8, 4) is 12.1 Å². The van der Waals surface area contributed by atoms with Crippen LogP contribution in [0, 0.1) is 28.5 Å². The summed E-state index contributed by atoms with van der Waals surface area (Å²) < 4.78 is 13.0. The molecule has 1 aliphatic carbocycles. The molecule has 0 radical (unpaired) electrons. The Labute approximate surface area is 91.0 Å². The summed E-state index contributed by atoms with van der Waals surface area (Å²) in [5.41, 5.74) is 0.919. The van der Waals surface area contributed by atoms with Gasteiger partial charge in [-0.1, -0.05) is 0 Å². The number of halogens is 1. The molecule has 16 heavy (non-hydrogen) atoms. The fourth-order valence-electron chi connectivity index (χ4n) is 1.61. The SMILES string of the molecule is N#CC(C#N)=C1C=C(O)c2ccc(F)cc21. The van der Waals surface area contributed by atoms with Crippen LogP contribution in [-0.2, 0) is 0 Å². The van der Waals surface area contributed by atoms with Crippen molar-refractivity contribution in [3.05, 3.63) is 46.8 Å². The first-order chi connectivity index (χ1) is 7.67. The highest BCUT2D eigenvalue weighted by Crippen LogP contribution is 2.35. The monoisotopic (exact) mass is 212 g/mol. The number of hydrogen-bond donors (Lipinski definition) is 1. The Balaban J connectivity index is 2.76. The smallest absolute Gasteiger partial charge is 0.137 e. The quantitative estimate of drug-likeness (QED) is 0.672. The highest BCUT2D eigenvalue weighted by molar-refractivity contribution is 5.96. The third-order valence-electron chi connectivity index (χ3n) is 2.32.